The quantitative estimate of drug-likeness (QED) is 0.716. The first kappa shape index (κ1) is 13.1. The monoisotopic (exact) mass is 247 g/mol. The molecule has 0 atom stereocenters. The van der Waals surface area contributed by atoms with E-state index in [9.17, 15) is 4.79 Å². The van der Waals surface area contributed by atoms with Gasteiger partial charge in [-0.1, -0.05) is 30.3 Å². The number of nitrogens with one attached hydrogen (secondary N) is 3. The van der Waals surface area contributed by atoms with Crippen LogP contribution in [0.4, 0.5) is 0 Å². The van der Waals surface area contributed by atoms with Gasteiger partial charge in [-0.25, -0.2) is 0 Å². The average Bonchev–Trinajstić information content (AvgIpc) is 2.45. The standard InChI is InChI=1S/C14H21N3O/c18-14(11-16-13-6-8-15-9-7-13)17-10-12-4-2-1-3-5-12/h1-5,13,15-16H,6-11H2,(H,17,18). The summed E-state index contributed by atoms with van der Waals surface area (Å²) >= 11 is 0. The minimum absolute atomic E-state index is 0.0670. The Kier molecular flexibility index (Phi) is 5.17. The molecule has 1 aliphatic rings. The molecule has 0 radical (unpaired) electrons. The Bertz CT molecular complexity index is 361. The second kappa shape index (κ2) is 7.13. The van der Waals surface area contributed by atoms with E-state index in [1.165, 1.54) is 0 Å². The lowest BCUT2D eigenvalue weighted by atomic mass is 10.1. The molecular formula is C14H21N3O. The predicted molar refractivity (Wildman–Crippen MR) is 72.2 cm³/mol. The van der Waals surface area contributed by atoms with Gasteiger partial charge in [0.25, 0.3) is 0 Å². The van der Waals surface area contributed by atoms with Gasteiger partial charge in [-0.2, -0.15) is 0 Å². The van der Waals surface area contributed by atoms with E-state index < -0.39 is 0 Å². The van der Waals surface area contributed by atoms with Crippen LogP contribution in [0.1, 0.15) is 18.4 Å². The van der Waals surface area contributed by atoms with Gasteiger partial charge >= 0.3 is 0 Å². The van der Waals surface area contributed by atoms with Gasteiger partial charge in [-0.05, 0) is 31.5 Å². The van der Waals surface area contributed by atoms with Crippen molar-refractivity contribution in [2.24, 2.45) is 0 Å². The summed E-state index contributed by atoms with van der Waals surface area (Å²) in [6.07, 6.45) is 2.21. The summed E-state index contributed by atoms with van der Waals surface area (Å²) in [6.45, 7) is 3.11. The fraction of sp³-hybridized carbons (Fsp3) is 0.500. The summed E-state index contributed by atoms with van der Waals surface area (Å²) in [6, 6.07) is 10.4. The molecule has 0 saturated carbocycles. The average molecular weight is 247 g/mol. The third-order valence-corrected chi connectivity index (χ3v) is 3.22. The minimum atomic E-state index is 0.0670. The Morgan fingerprint density at radius 2 is 1.94 bits per heavy atom. The zero-order valence-electron chi connectivity index (χ0n) is 10.6. The van der Waals surface area contributed by atoms with Crippen LogP contribution in [-0.4, -0.2) is 31.6 Å². The van der Waals surface area contributed by atoms with Crippen molar-refractivity contribution < 1.29 is 4.79 Å². The number of hydrogen-bond donors (Lipinski definition) is 3. The highest BCUT2D eigenvalue weighted by Gasteiger charge is 2.13. The van der Waals surface area contributed by atoms with Crippen molar-refractivity contribution >= 4 is 5.91 Å². The van der Waals surface area contributed by atoms with Crippen LogP contribution >= 0.6 is 0 Å². The third kappa shape index (κ3) is 4.47. The van der Waals surface area contributed by atoms with Gasteiger partial charge in [0.1, 0.15) is 0 Å². The van der Waals surface area contributed by atoms with E-state index in [1.54, 1.807) is 0 Å². The largest absolute Gasteiger partial charge is 0.351 e. The Labute approximate surface area is 108 Å². The molecule has 1 aromatic carbocycles. The molecule has 0 spiro atoms. The normalized spacial score (nSPS) is 16.4. The van der Waals surface area contributed by atoms with Crippen molar-refractivity contribution in [1.82, 2.24) is 16.0 Å². The van der Waals surface area contributed by atoms with E-state index in [0.29, 0.717) is 19.1 Å². The molecule has 3 N–H and O–H groups in total. The third-order valence-electron chi connectivity index (χ3n) is 3.22. The second-order valence-corrected chi connectivity index (χ2v) is 4.67. The fourth-order valence-electron chi connectivity index (χ4n) is 2.12. The van der Waals surface area contributed by atoms with E-state index >= 15 is 0 Å². The Balaban J connectivity index is 1.63. The fourth-order valence-corrected chi connectivity index (χ4v) is 2.12. The number of rotatable bonds is 5. The highest BCUT2D eigenvalue weighted by Crippen LogP contribution is 2.01. The van der Waals surface area contributed by atoms with Gasteiger partial charge in [0, 0.05) is 12.6 Å². The van der Waals surface area contributed by atoms with Crippen LogP contribution in [0.25, 0.3) is 0 Å². The molecule has 18 heavy (non-hydrogen) atoms. The van der Waals surface area contributed by atoms with Crippen LogP contribution in [0.3, 0.4) is 0 Å². The zero-order chi connectivity index (χ0) is 12.6. The molecule has 1 aliphatic heterocycles. The van der Waals surface area contributed by atoms with Gasteiger partial charge in [-0.3, -0.25) is 4.79 Å². The first-order valence-corrected chi connectivity index (χ1v) is 6.59. The van der Waals surface area contributed by atoms with E-state index in [0.717, 1.165) is 31.5 Å². The van der Waals surface area contributed by atoms with E-state index in [4.69, 9.17) is 0 Å². The zero-order valence-corrected chi connectivity index (χ0v) is 10.6. The molecule has 1 amide bonds. The summed E-state index contributed by atoms with van der Waals surface area (Å²) in [5, 5.41) is 9.54. The molecule has 4 heteroatoms. The molecule has 2 rings (SSSR count). The predicted octanol–water partition coefficient (Wildman–Crippen LogP) is 0.644. The van der Waals surface area contributed by atoms with Crippen molar-refractivity contribution in [1.29, 1.82) is 0 Å². The Morgan fingerprint density at radius 1 is 1.22 bits per heavy atom. The van der Waals surface area contributed by atoms with Gasteiger partial charge in [0.05, 0.1) is 6.54 Å². The lowest BCUT2D eigenvalue weighted by Crippen LogP contribution is -2.44. The van der Waals surface area contributed by atoms with Crippen LogP contribution in [0.5, 0.6) is 0 Å². The second-order valence-electron chi connectivity index (χ2n) is 4.67. The topological polar surface area (TPSA) is 53.2 Å². The molecule has 98 valence electrons. The van der Waals surface area contributed by atoms with Crippen LogP contribution in [0, 0.1) is 0 Å². The molecule has 4 nitrogen and oxygen atoms in total. The van der Waals surface area contributed by atoms with Gasteiger partial charge < -0.3 is 16.0 Å². The SMILES string of the molecule is O=C(CNC1CCNCC1)NCc1ccccc1. The number of benzene rings is 1. The van der Waals surface area contributed by atoms with E-state index in [2.05, 4.69) is 16.0 Å². The highest BCUT2D eigenvalue weighted by molar-refractivity contribution is 5.78. The lowest BCUT2D eigenvalue weighted by molar-refractivity contribution is -0.120. The van der Waals surface area contributed by atoms with Gasteiger partial charge in [-0.15, -0.1) is 0 Å². The van der Waals surface area contributed by atoms with Crippen molar-refractivity contribution in [2.75, 3.05) is 19.6 Å². The summed E-state index contributed by atoms with van der Waals surface area (Å²) in [5.74, 6) is 0.0670. The molecule has 1 saturated heterocycles. The maximum atomic E-state index is 11.7. The highest BCUT2D eigenvalue weighted by atomic mass is 16.1. The number of piperidine rings is 1. The molecule has 0 bridgehead atoms. The maximum Gasteiger partial charge on any atom is 0.234 e. The summed E-state index contributed by atoms with van der Waals surface area (Å²) in [4.78, 5) is 11.7. The molecular weight excluding hydrogens is 226 g/mol. The van der Waals surface area contributed by atoms with Gasteiger partial charge in [0.15, 0.2) is 0 Å². The summed E-state index contributed by atoms with van der Waals surface area (Å²) in [5.41, 5.74) is 1.13. The van der Waals surface area contributed by atoms with Gasteiger partial charge in [0.2, 0.25) is 5.91 Å². The Hall–Kier alpha value is -1.39. The van der Waals surface area contributed by atoms with Crippen LogP contribution in [-0.2, 0) is 11.3 Å². The Morgan fingerprint density at radius 3 is 2.67 bits per heavy atom. The van der Waals surface area contributed by atoms with Crippen LogP contribution in [0.2, 0.25) is 0 Å². The van der Waals surface area contributed by atoms with E-state index in [1.807, 2.05) is 30.3 Å². The van der Waals surface area contributed by atoms with Crippen LogP contribution in [0.15, 0.2) is 30.3 Å². The van der Waals surface area contributed by atoms with Crippen molar-refractivity contribution in [3.63, 3.8) is 0 Å². The maximum absolute atomic E-state index is 11.7. The van der Waals surface area contributed by atoms with Crippen LogP contribution < -0.4 is 16.0 Å². The van der Waals surface area contributed by atoms with Crippen molar-refractivity contribution in [3.05, 3.63) is 35.9 Å². The summed E-state index contributed by atoms with van der Waals surface area (Å²) < 4.78 is 0. The lowest BCUT2D eigenvalue weighted by Gasteiger charge is -2.23. The minimum Gasteiger partial charge on any atom is -0.351 e. The molecule has 1 fully saturated rings. The smallest absolute Gasteiger partial charge is 0.234 e. The molecule has 0 aliphatic carbocycles. The summed E-state index contributed by atoms with van der Waals surface area (Å²) in [7, 11) is 0. The first-order chi connectivity index (χ1) is 8.84. The molecule has 1 aromatic rings. The number of carbonyl (C=O) groups is 1. The molecule has 1 heterocycles. The molecule has 0 unspecified atom stereocenters. The number of carbonyl (C=O) groups excluding carboxylic acids is 1. The van der Waals surface area contributed by atoms with Crippen molar-refractivity contribution in [3.8, 4) is 0 Å². The molecule has 0 aromatic heterocycles. The number of amides is 1. The van der Waals surface area contributed by atoms with E-state index in [-0.39, 0.29) is 5.91 Å². The first-order valence-electron chi connectivity index (χ1n) is 6.59. The number of hydrogen-bond acceptors (Lipinski definition) is 3. The van der Waals surface area contributed by atoms with Crippen molar-refractivity contribution in [2.45, 2.75) is 25.4 Å².